The lowest BCUT2D eigenvalue weighted by Gasteiger charge is -2.03. The Morgan fingerprint density at radius 1 is 0.957 bits per heavy atom. The van der Waals surface area contributed by atoms with E-state index >= 15 is 0 Å². The number of benzene rings is 2. The van der Waals surface area contributed by atoms with E-state index in [1.807, 2.05) is 66.0 Å². The van der Waals surface area contributed by atoms with Gasteiger partial charge in [0, 0.05) is 10.9 Å². The van der Waals surface area contributed by atoms with Gasteiger partial charge in [-0.25, -0.2) is 9.78 Å². The smallest absolute Gasteiger partial charge is 0.355 e. The Labute approximate surface area is 136 Å². The first kappa shape index (κ1) is 13.7. The molecule has 2 aromatic heterocycles. The van der Waals surface area contributed by atoms with E-state index < -0.39 is 5.97 Å². The number of rotatable bonds is 3. The van der Waals surface area contributed by atoms with Crippen molar-refractivity contribution < 1.29 is 9.90 Å². The van der Waals surface area contributed by atoms with Gasteiger partial charge in [-0.1, -0.05) is 60.7 Å². The average Bonchev–Trinajstić information content (AvgIpc) is 3.15. The first-order valence-electron chi connectivity index (χ1n) is 7.10. The highest BCUT2D eigenvalue weighted by molar-refractivity contribution is 7.15. The predicted octanol–water partition coefficient (Wildman–Crippen LogP) is 4.43. The van der Waals surface area contributed by atoms with Crippen molar-refractivity contribution in [1.82, 2.24) is 9.38 Å². The van der Waals surface area contributed by atoms with Crippen LogP contribution < -0.4 is 0 Å². The maximum atomic E-state index is 11.9. The Bertz CT molecular complexity index is 988. The van der Waals surface area contributed by atoms with Gasteiger partial charge in [0.25, 0.3) is 0 Å². The lowest BCUT2D eigenvalue weighted by atomic mass is 10.1. The Morgan fingerprint density at radius 3 is 2.17 bits per heavy atom. The van der Waals surface area contributed by atoms with Crippen molar-refractivity contribution >= 4 is 22.3 Å². The van der Waals surface area contributed by atoms with Crippen LogP contribution in [-0.2, 0) is 0 Å². The molecule has 2 aromatic carbocycles. The zero-order chi connectivity index (χ0) is 15.8. The number of carboxylic acid groups (broad SMARTS) is 1. The molecular weight excluding hydrogens is 308 g/mol. The number of imidazole rings is 1. The Kier molecular flexibility index (Phi) is 3.20. The van der Waals surface area contributed by atoms with Crippen LogP contribution in [0, 0.1) is 0 Å². The summed E-state index contributed by atoms with van der Waals surface area (Å²) in [5, 5.41) is 11.7. The highest BCUT2D eigenvalue weighted by Gasteiger charge is 2.23. The number of thiazole rings is 1. The third-order valence-corrected chi connectivity index (χ3v) is 4.51. The third-order valence-electron chi connectivity index (χ3n) is 3.68. The van der Waals surface area contributed by atoms with Crippen LogP contribution in [0.1, 0.15) is 10.5 Å². The van der Waals surface area contributed by atoms with Gasteiger partial charge in [-0.3, -0.25) is 4.40 Å². The van der Waals surface area contributed by atoms with Gasteiger partial charge in [0.15, 0.2) is 10.7 Å². The fraction of sp³-hybridized carbons (Fsp3) is 0. The summed E-state index contributed by atoms with van der Waals surface area (Å²) in [6.07, 6.45) is 0. The number of hydrogen-bond acceptors (Lipinski definition) is 3. The van der Waals surface area contributed by atoms with Crippen LogP contribution in [0.15, 0.2) is 66.0 Å². The van der Waals surface area contributed by atoms with Crippen molar-refractivity contribution in [2.24, 2.45) is 0 Å². The van der Waals surface area contributed by atoms with Gasteiger partial charge in [-0.2, -0.15) is 0 Å². The zero-order valence-electron chi connectivity index (χ0n) is 12.0. The first-order valence-corrected chi connectivity index (χ1v) is 7.98. The quantitative estimate of drug-likeness (QED) is 0.607. The Balaban J connectivity index is 2.03. The van der Waals surface area contributed by atoms with E-state index in [9.17, 15) is 9.90 Å². The number of fused-ring (bicyclic) bond motifs is 1. The van der Waals surface area contributed by atoms with E-state index in [1.165, 1.54) is 11.3 Å². The Hall–Kier alpha value is -2.92. The molecule has 0 aliphatic heterocycles. The van der Waals surface area contributed by atoms with Crippen LogP contribution >= 0.6 is 11.3 Å². The molecule has 112 valence electrons. The number of nitrogens with zero attached hydrogens (tertiary/aromatic N) is 2. The second kappa shape index (κ2) is 5.37. The summed E-state index contributed by atoms with van der Waals surface area (Å²) in [7, 11) is 0. The molecule has 1 N–H and O–H groups in total. The predicted molar refractivity (Wildman–Crippen MR) is 90.9 cm³/mol. The normalized spacial score (nSPS) is 11.0. The molecule has 0 fully saturated rings. The zero-order valence-corrected chi connectivity index (χ0v) is 12.8. The van der Waals surface area contributed by atoms with Crippen LogP contribution in [0.5, 0.6) is 0 Å². The van der Waals surface area contributed by atoms with Gasteiger partial charge in [-0.05, 0) is 5.56 Å². The van der Waals surface area contributed by atoms with E-state index in [4.69, 9.17) is 0 Å². The summed E-state index contributed by atoms with van der Waals surface area (Å²) in [4.78, 5) is 17.1. The summed E-state index contributed by atoms with van der Waals surface area (Å²) in [6.45, 7) is 0. The maximum absolute atomic E-state index is 11.9. The molecule has 2 heterocycles. The second-order valence-corrected chi connectivity index (χ2v) is 5.92. The number of hydrogen-bond donors (Lipinski definition) is 1. The average molecular weight is 320 g/mol. The van der Waals surface area contributed by atoms with Gasteiger partial charge >= 0.3 is 5.97 Å². The summed E-state index contributed by atoms with van der Waals surface area (Å²) >= 11 is 1.44. The molecule has 0 unspecified atom stereocenters. The van der Waals surface area contributed by atoms with E-state index in [1.54, 1.807) is 4.40 Å². The number of carbonyl (C=O) groups is 1. The summed E-state index contributed by atoms with van der Waals surface area (Å²) in [6, 6.07) is 19.2. The molecule has 4 aromatic rings. The SMILES string of the molecule is O=C(O)c1c(-c2ccccc2)nc2scc(-c3ccccc3)n12. The molecule has 23 heavy (non-hydrogen) atoms. The number of aromatic carboxylic acids is 1. The lowest BCUT2D eigenvalue weighted by Crippen LogP contribution is -2.04. The topological polar surface area (TPSA) is 54.6 Å². The lowest BCUT2D eigenvalue weighted by molar-refractivity contribution is 0.0690. The van der Waals surface area contributed by atoms with Crippen LogP contribution in [0.3, 0.4) is 0 Å². The van der Waals surface area contributed by atoms with Crippen LogP contribution in [0.25, 0.3) is 27.5 Å². The molecule has 5 heteroatoms. The first-order chi connectivity index (χ1) is 11.3. The van der Waals surface area contributed by atoms with E-state index in [-0.39, 0.29) is 5.69 Å². The van der Waals surface area contributed by atoms with E-state index in [0.29, 0.717) is 10.7 Å². The van der Waals surface area contributed by atoms with E-state index in [2.05, 4.69) is 4.98 Å². The van der Waals surface area contributed by atoms with Crippen LogP contribution in [0.2, 0.25) is 0 Å². The van der Waals surface area contributed by atoms with Crippen molar-refractivity contribution in [1.29, 1.82) is 0 Å². The second-order valence-electron chi connectivity index (χ2n) is 5.09. The van der Waals surface area contributed by atoms with Crippen molar-refractivity contribution in [3.63, 3.8) is 0 Å². The fourth-order valence-corrected chi connectivity index (χ4v) is 3.56. The molecule has 4 rings (SSSR count). The van der Waals surface area contributed by atoms with Gasteiger partial charge in [0.1, 0.15) is 5.69 Å². The highest BCUT2D eigenvalue weighted by atomic mass is 32.1. The van der Waals surface area contributed by atoms with Crippen molar-refractivity contribution in [2.75, 3.05) is 0 Å². The minimum absolute atomic E-state index is 0.200. The summed E-state index contributed by atoms with van der Waals surface area (Å²) in [5.74, 6) is -0.980. The van der Waals surface area contributed by atoms with Gasteiger partial charge < -0.3 is 5.11 Å². The van der Waals surface area contributed by atoms with Gasteiger partial charge in [0.2, 0.25) is 0 Å². The number of carboxylic acids is 1. The molecule has 4 nitrogen and oxygen atoms in total. The van der Waals surface area contributed by atoms with Crippen molar-refractivity contribution in [3.8, 4) is 22.5 Å². The van der Waals surface area contributed by atoms with E-state index in [0.717, 1.165) is 16.8 Å². The number of aromatic nitrogens is 2. The third kappa shape index (κ3) is 2.22. The molecule has 0 saturated heterocycles. The molecule has 0 radical (unpaired) electrons. The molecule has 0 spiro atoms. The minimum Gasteiger partial charge on any atom is -0.476 e. The largest absolute Gasteiger partial charge is 0.476 e. The Morgan fingerprint density at radius 2 is 1.57 bits per heavy atom. The minimum atomic E-state index is -0.980. The molecule has 0 atom stereocenters. The standard InChI is InChI=1S/C18H12N2O2S/c21-17(22)16-15(13-9-5-2-6-10-13)19-18-20(16)14(11-23-18)12-7-3-1-4-8-12/h1-11H,(H,21,22). The van der Waals surface area contributed by atoms with Crippen molar-refractivity contribution in [2.45, 2.75) is 0 Å². The molecular formula is C18H12N2O2S. The maximum Gasteiger partial charge on any atom is 0.355 e. The fourth-order valence-electron chi connectivity index (χ4n) is 2.66. The summed E-state index contributed by atoms with van der Waals surface area (Å²) < 4.78 is 1.73. The van der Waals surface area contributed by atoms with Gasteiger partial charge in [-0.15, -0.1) is 11.3 Å². The molecule has 0 bridgehead atoms. The summed E-state index contributed by atoms with van der Waals surface area (Å²) in [5.41, 5.74) is 3.32. The van der Waals surface area contributed by atoms with Crippen LogP contribution in [0.4, 0.5) is 0 Å². The van der Waals surface area contributed by atoms with Crippen molar-refractivity contribution in [3.05, 3.63) is 71.7 Å². The van der Waals surface area contributed by atoms with Gasteiger partial charge in [0.05, 0.1) is 5.69 Å². The monoisotopic (exact) mass is 320 g/mol. The van der Waals surface area contributed by atoms with Crippen LogP contribution in [-0.4, -0.2) is 20.5 Å². The molecule has 0 aliphatic carbocycles. The molecule has 0 amide bonds. The highest BCUT2D eigenvalue weighted by Crippen LogP contribution is 2.32. The molecule has 0 saturated carbocycles. The molecule has 0 aliphatic rings.